The third-order valence-electron chi connectivity index (χ3n) is 4.22. The van der Waals surface area contributed by atoms with Gasteiger partial charge in [-0.15, -0.1) is 3.89 Å². The van der Waals surface area contributed by atoms with E-state index in [0.717, 1.165) is 19.5 Å². The van der Waals surface area contributed by atoms with E-state index in [2.05, 4.69) is 12.2 Å². The molecule has 1 aliphatic rings. The second kappa shape index (κ2) is 11.0. The average Bonchev–Trinajstić information content (AvgIpc) is 2.78. The molecule has 0 aromatic rings. The van der Waals surface area contributed by atoms with Crippen LogP contribution in [0.3, 0.4) is 0 Å². The van der Waals surface area contributed by atoms with Crippen molar-refractivity contribution >= 4 is 16.1 Å². The van der Waals surface area contributed by atoms with Gasteiger partial charge in [0.1, 0.15) is 0 Å². The number of hydrogen-bond acceptors (Lipinski definition) is 4. The van der Waals surface area contributed by atoms with Crippen molar-refractivity contribution in [3.05, 3.63) is 0 Å². The lowest BCUT2D eigenvalue weighted by atomic mass is 10.1. The van der Waals surface area contributed by atoms with Crippen molar-refractivity contribution in [1.29, 1.82) is 0 Å². The molecule has 7 heteroatoms. The lowest BCUT2D eigenvalue weighted by Crippen LogP contribution is -2.29. The highest BCUT2D eigenvalue weighted by Crippen LogP contribution is 2.20. The Kier molecular flexibility index (Phi) is 9.71. The van der Waals surface area contributed by atoms with E-state index >= 15 is 0 Å². The number of halogens is 1. The van der Waals surface area contributed by atoms with Crippen LogP contribution in [0.5, 0.6) is 0 Å². The van der Waals surface area contributed by atoms with E-state index in [0.29, 0.717) is 13.1 Å². The molecule has 1 fully saturated rings. The lowest BCUT2D eigenvalue weighted by molar-refractivity contribution is -0.127. The summed E-state index contributed by atoms with van der Waals surface area (Å²) in [5.41, 5.74) is 0. The molecule has 1 N–H and O–H groups in total. The average molecular weight is 351 g/mol. The van der Waals surface area contributed by atoms with Crippen molar-refractivity contribution in [2.45, 2.75) is 58.3 Å². The maximum atomic E-state index is 12.7. The van der Waals surface area contributed by atoms with Crippen LogP contribution in [-0.2, 0) is 15.0 Å². The van der Waals surface area contributed by atoms with E-state index in [1.165, 1.54) is 38.5 Å². The van der Waals surface area contributed by atoms with Gasteiger partial charge in [-0.1, -0.05) is 39.0 Å². The van der Waals surface area contributed by atoms with Crippen LogP contribution < -0.4 is 5.32 Å². The smallest absolute Gasteiger partial charge is 0.302 e. The first-order valence-corrected chi connectivity index (χ1v) is 10.4. The minimum absolute atomic E-state index is 0.0606. The zero-order valence-electron chi connectivity index (χ0n) is 14.2. The second-order valence-corrected chi connectivity index (χ2v) is 7.90. The second-order valence-electron chi connectivity index (χ2n) is 6.49. The first-order valence-electron chi connectivity index (χ1n) is 8.83. The summed E-state index contributed by atoms with van der Waals surface area (Å²) in [5.74, 6) is -0.992. The number of carbonyl (C=O) groups excluding carboxylic acids is 1. The first kappa shape index (κ1) is 20.4. The van der Waals surface area contributed by atoms with Gasteiger partial charge in [-0.25, -0.2) is 0 Å². The van der Waals surface area contributed by atoms with E-state index in [1.54, 1.807) is 4.90 Å². The van der Waals surface area contributed by atoms with Gasteiger partial charge in [-0.05, 0) is 25.9 Å². The molecule has 0 saturated carbocycles. The molecule has 0 aromatic heterocycles. The van der Waals surface area contributed by atoms with Gasteiger partial charge in [-0.2, -0.15) is 8.42 Å². The van der Waals surface area contributed by atoms with Gasteiger partial charge in [0, 0.05) is 25.4 Å². The van der Waals surface area contributed by atoms with Gasteiger partial charge in [0.25, 0.3) is 0 Å². The van der Waals surface area contributed by atoms with Crippen LogP contribution in [0, 0.1) is 5.92 Å². The van der Waals surface area contributed by atoms with Gasteiger partial charge in [-0.3, -0.25) is 4.79 Å². The molecule has 1 heterocycles. The molecule has 1 rings (SSSR count). The Labute approximate surface area is 140 Å². The highest BCUT2D eigenvalue weighted by atomic mass is 32.3. The number of nitrogens with zero attached hydrogens (tertiary/aromatic N) is 1. The number of likely N-dealkylation sites (tertiary alicyclic amines) is 1. The quantitative estimate of drug-likeness (QED) is 0.409. The topological polar surface area (TPSA) is 66.5 Å². The third-order valence-corrected chi connectivity index (χ3v) is 5.09. The van der Waals surface area contributed by atoms with Gasteiger partial charge < -0.3 is 10.2 Å². The number of rotatable bonds is 13. The molecule has 0 bridgehead atoms. The van der Waals surface area contributed by atoms with Crippen molar-refractivity contribution in [2.75, 3.05) is 31.9 Å². The fourth-order valence-electron chi connectivity index (χ4n) is 3.01. The van der Waals surface area contributed by atoms with E-state index < -0.39 is 21.9 Å². The summed E-state index contributed by atoms with van der Waals surface area (Å²) in [6.45, 7) is 5.05. The maximum Gasteiger partial charge on any atom is 0.302 e. The molecule has 136 valence electrons. The summed E-state index contributed by atoms with van der Waals surface area (Å²) in [5, 5.41) is 3.37. The zero-order chi connectivity index (χ0) is 17.1. The van der Waals surface area contributed by atoms with Crippen LogP contribution in [0.2, 0.25) is 0 Å². The summed E-state index contributed by atoms with van der Waals surface area (Å²) in [6, 6.07) is 0. The Morgan fingerprint density at radius 2 is 1.78 bits per heavy atom. The van der Waals surface area contributed by atoms with Gasteiger partial charge in [0.15, 0.2) is 0 Å². The van der Waals surface area contributed by atoms with E-state index in [4.69, 9.17) is 0 Å². The minimum Gasteiger partial charge on any atom is -0.342 e. The van der Waals surface area contributed by atoms with Crippen molar-refractivity contribution in [3.8, 4) is 0 Å². The Balaban J connectivity index is 2.00. The first-order chi connectivity index (χ1) is 10.9. The molecule has 1 unspecified atom stereocenters. The Morgan fingerprint density at radius 1 is 1.13 bits per heavy atom. The summed E-state index contributed by atoms with van der Waals surface area (Å²) in [6.07, 6.45) is 8.65. The number of hydrogen-bond donors (Lipinski definition) is 1. The van der Waals surface area contributed by atoms with Crippen molar-refractivity contribution in [2.24, 2.45) is 5.92 Å². The predicted molar refractivity (Wildman–Crippen MR) is 90.4 cm³/mol. The number of amides is 1. The maximum absolute atomic E-state index is 12.7. The molecule has 1 amide bonds. The van der Waals surface area contributed by atoms with Gasteiger partial charge in [0.05, 0.1) is 5.75 Å². The highest BCUT2D eigenvalue weighted by molar-refractivity contribution is 7.86. The van der Waals surface area contributed by atoms with Crippen molar-refractivity contribution in [1.82, 2.24) is 10.2 Å². The summed E-state index contributed by atoms with van der Waals surface area (Å²) in [7, 11) is -4.49. The van der Waals surface area contributed by atoms with Crippen molar-refractivity contribution in [3.63, 3.8) is 0 Å². The Bertz CT molecular complexity index is 443. The molecule has 1 saturated heterocycles. The summed E-state index contributed by atoms with van der Waals surface area (Å²) < 4.78 is 33.9. The van der Waals surface area contributed by atoms with Crippen LogP contribution in [-0.4, -0.2) is 51.2 Å². The third kappa shape index (κ3) is 9.91. The van der Waals surface area contributed by atoms with E-state index in [1.807, 2.05) is 0 Å². The largest absolute Gasteiger partial charge is 0.342 e. The molecule has 5 nitrogen and oxygen atoms in total. The number of unbranched alkanes of at least 4 members (excludes halogenated alkanes) is 5. The Morgan fingerprint density at radius 3 is 2.48 bits per heavy atom. The van der Waals surface area contributed by atoms with Crippen LogP contribution in [0.15, 0.2) is 0 Å². The fourth-order valence-corrected chi connectivity index (χ4v) is 3.80. The number of carbonyl (C=O) groups is 1. The fraction of sp³-hybridized carbons (Fsp3) is 0.938. The van der Waals surface area contributed by atoms with Crippen LogP contribution >= 0.6 is 0 Å². The number of nitrogens with one attached hydrogen (secondary N) is 1. The monoisotopic (exact) mass is 350 g/mol. The highest BCUT2D eigenvalue weighted by Gasteiger charge is 2.32. The molecule has 0 radical (unpaired) electrons. The molecule has 23 heavy (non-hydrogen) atoms. The molecule has 0 spiro atoms. The minimum atomic E-state index is -4.49. The molecule has 0 aromatic carbocycles. The van der Waals surface area contributed by atoms with E-state index in [9.17, 15) is 17.1 Å². The van der Waals surface area contributed by atoms with Crippen LogP contribution in [0.1, 0.15) is 58.3 Å². The molecule has 0 aliphatic carbocycles. The molecule has 1 aliphatic heterocycles. The normalized spacial score (nSPS) is 18.8. The SMILES string of the molecule is CCCCCCCCNCCCN1CC(CS(=O)(=O)F)CC1=O. The zero-order valence-corrected chi connectivity index (χ0v) is 15.0. The van der Waals surface area contributed by atoms with E-state index in [-0.39, 0.29) is 12.3 Å². The predicted octanol–water partition coefficient (Wildman–Crippen LogP) is 2.47. The summed E-state index contributed by atoms with van der Waals surface area (Å²) >= 11 is 0. The summed E-state index contributed by atoms with van der Waals surface area (Å²) in [4.78, 5) is 13.4. The van der Waals surface area contributed by atoms with Crippen LogP contribution in [0.25, 0.3) is 0 Å². The lowest BCUT2D eigenvalue weighted by Gasteiger charge is -2.16. The molecular weight excluding hydrogens is 319 g/mol. The van der Waals surface area contributed by atoms with Crippen molar-refractivity contribution < 1.29 is 17.1 Å². The van der Waals surface area contributed by atoms with Gasteiger partial charge in [0.2, 0.25) is 5.91 Å². The van der Waals surface area contributed by atoms with Gasteiger partial charge >= 0.3 is 10.2 Å². The van der Waals surface area contributed by atoms with Crippen LogP contribution in [0.4, 0.5) is 3.89 Å². The Hall–Kier alpha value is -0.690. The molecule has 1 atom stereocenters. The molecular formula is C16H31FN2O3S. The standard InChI is InChI=1S/C16H31FN2O3S/c1-2-3-4-5-6-7-9-18-10-8-11-19-13-15(12-16(19)20)14-23(17,21)22/h15,18H,2-14H2,1H3.